The van der Waals surface area contributed by atoms with Gasteiger partial charge in [0.1, 0.15) is 0 Å². The van der Waals surface area contributed by atoms with E-state index in [0.29, 0.717) is 42.2 Å². The van der Waals surface area contributed by atoms with Gasteiger partial charge in [-0.2, -0.15) is 4.98 Å². The van der Waals surface area contributed by atoms with E-state index in [9.17, 15) is 9.59 Å². The summed E-state index contributed by atoms with van der Waals surface area (Å²) in [5, 5.41) is 7.06. The molecular weight excluding hydrogens is 436 g/mol. The van der Waals surface area contributed by atoms with Crippen molar-refractivity contribution >= 4 is 17.5 Å². The van der Waals surface area contributed by atoms with E-state index in [2.05, 4.69) is 15.5 Å². The van der Waals surface area contributed by atoms with Crippen molar-refractivity contribution in [3.8, 4) is 22.9 Å². The van der Waals surface area contributed by atoms with Crippen LogP contribution in [0.1, 0.15) is 43.1 Å². The average Bonchev–Trinajstić information content (AvgIpc) is 3.56. The zero-order valence-corrected chi connectivity index (χ0v) is 18.5. The molecular formula is C25H24N4O5. The Labute approximate surface area is 196 Å². The standard InChI is InChI=1S/C25H24N4O5/c30-22-11-18(24(31)26-12-15-7-8-20-21(9-15)33-14-32-20)13-29(22)19-6-2-5-17(10-19)23-27-25(34-28-23)16-3-1-4-16/h2,5-10,16,18H,1,3-4,11-14H2,(H,26,31)/t18-/m0/s1. The molecule has 9 heteroatoms. The molecule has 3 aromatic rings. The van der Waals surface area contributed by atoms with Crippen molar-refractivity contribution in [1.29, 1.82) is 0 Å². The fraction of sp³-hybridized carbons (Fsp3) is 0.360. The third kappa shape index (κ3) is 3.87. The molecule has 3 aliphatic rings. The van der Waals surface area contributed by atoms with E-state index in [4.69, 9.17) is 14.0 Å². The highest BCUT2D eigenvalue weighted by molar-refractivity contribution is 6.00. The van der Waals surface area contributed by atoms with Crippen molar-refractivity contribution in [2.75, 3.05) is 18.2 Å². The summed E-state index contributed by atoms with van der Waals surface area (Å²) in [6.07, 6.45) is 3.54. The summed E-state index contributed by atoms with van der Waals surface area (Å²) in [6.45, 7) is 0.895. The van der Waals surface area contributed by atoms with E-state index in [-0.39, 0.29) is 25.0 Å². The van der Waals surface area contributed by atoms with E-state index in [1.54, 1.807) is 4.90 Å². The van der Waals surface area contributed by atoms with Crippen LogP contribution in [0.15, 0.2) is 47.0 Å². The third-order valence-corrected chi connectivity index (χ3v) is 6.71. The molecule has 3 heterocycles. The smallest absolute Gasteiger partial charge is 0.231 e. The Kier molecular flexibility index (Phi) is 5.16. The Morgan fingerprint density at radius 1 is 1.12 bits per heavy atom. The van der Waals surface area contributed by atoms with Crippen molar-refractivity contribution in [3.63, 3.8) is 0 Å². The molecule has 0 radical (unpaired) electrons. The first-order valence-electron chi connectivity index (χ1n) is 11.5. The number of rotatable bonds is 6. The number of nitrogens with zero attached hydrogens (tertiary/aromatic N) is 3. The zero-order chi connectivity index (χ0) is 23.1. The van der Waals surface area contributed by atoms with Crippen LogP contribution in [0.4, 0.5) is 5.69 Å². The minimum atomic E-state index is -0.416. The fourth-order valence-corrected chi connectivity index (χ4v) is 4.50. The van der Waals surface area contributed by atoms with Gasteiger partial charge in [0.2, 0.25) is 30.3 Å². The predicted molar refractivity (Wildman–Crippen MR) is 121 cm³/mol. The first kappa shape index (κ1) is 20.7. The lowest BCUT2D eigenvalue weighted by atomic mass is 9.85. The monoisotopic (exact) mass is 460 g/mol. The number of hydrogen-bond donors (Lipinski definition) is 1. The highest BCUT2D eigenvalue weighted by Crippen LogP contribution is 2.36. The fourth-order valence-electron chi connectivity index (χ4n) is 4.50. The molecule has 2 aliphatic heterocycles. The van der Waals surface area contributed by atoms with Gasteiger partial charge >= 0.3 is 0 Å². The Bertz CT molecular complexity index is 1250. The Morgan fingerprint density at radius 2 is 2.00 bits per heavy atom. The number of ether oxygens (including phenoxy) is 2. The molecule has 2 fully saturated rings. The van der Waals surface area contributed by atoms with E-state index < -0.39 is 5.92 Å². The van der Waals surface area contributed by atoms with Crippen molar-refractivity contribution in [2.45, 2.75) is 38.1 Å². The lowest BCUT2D eigenvalue weighted by molar-refractivity contribution is -0.126. The van der Waals surface area contributed by atoms with Gasteiger partial charge in [-0.25, -0.2) is 0 Å². The van der Waals surface area contributed by atoms with Gasteiger partial charge in [0.05, 0.1) is 5.92 Å². The van der Waals surface area contributed by atoms with Gasteiger partial charge < -0.3 is 24.2 Å². The molecule has 9 nitrogen and oxygen atoms in total. The van der Waals surface area contributed by atoms with Crippen molar-refractivity contribution in [3.05, 3.63) is 53.9 Å². The van der Waals surface area contributed by atoms with Gasteiger partial charge in [-0.3, -0.25) is 9.59 Å². The number of nitrogens with one attached hydrogen (secondary N) is 1. The Morgan fingerprint density at radius 3 is 2.85 bits per heavy atom. The number of amides is 2. The van der Waals surface area contributed by atoms with E-state index in [0.717, 1.165) is 29.7 Å². The van der Waals surface area contributed by atoms with E-state index in [1.807, 2.05) is 42.5 Å². The van der Waals surface area contributed by atoms with Crippen LogP contribution in [-0.4, -0.2) is 35.3 Å². The minimum Gasteiger partial charge on any atom is -0.454 e. The summed E-state index contributed by atoms with van der Waals surface area (Å²) >= 11 is 0. The molecule has 0 bridgehead atoms. The number of fused-ring (bicyclic) bond motifs is 1. The van der Waals surface area contributed by atoms with Crippen molar-refractivity contribution < 1.29 is 23.6 Å². The molecule has 174 valence electrons. The minimum absolute atomic E-state index is 0.0800. The molecule has 6 rings (SSSR count). The molecule has 0 spiro atoms. The quantitative estimate of drug-likeness (QED) is 0.601. The molecule has 2 aromatic carbocycles. The predicted octanol–water partition coefficient (Wildman–Crippen LogP) is 3.40. The van der Waals surface area contributed by atoms with Crippen LogP contribution in [0.5, 0.6) is 11.5 Å². The summed E-state index contributed by atoms with van der Waals surface area (Å²) < 4.78 is 16.1. The third-order valence-electron chi connectivity index (χ3n) is 6.71. The SMILES string of the molecule is O=C(NCc1ccc2c(c1)OCO2)[C@H]1CC(=O)N(c2cccc(-c3noc(C4CCC4)n3)c2)C1. The number of carbonyl (C=O) groups is 2. The zero-order valence-electron chi connectivity index (χ0n) is 18.5. The molecule has 1 N–H and O–H groups in total. The first-order chi connectivity index (χ1) is 16.6. The van der Waals surface area contributed by atoms with Crippen LogP contribution >= 0.6 is 0 Å². The first-order valence-corrected chi connectivity index (χ1v) is 11.5. The van der Waals surface area contributed by atoms with Crippen LogP contribution in [0.25, 0.3) is 11.4 Å². The Hall–Kier alpha value is -3.88. The van der Waals surface area contributed by atoms with E-state index in [1.165, 1.54) is 6.42 Å². The van der Waals surface area contributed by atoms with Crippen LogP contribution in [0.3, 0.4) is 0 Å². The van der Waals surface area contributed by atoms with Gasteiger partial charge in [-0.15, -0.1) is 0 Å². The van der Waals surface area contributed by atoms with Crippen LogP contribution in [0, 0.1) is 5.92 Å². The second-order valence-electron chi connectivity index (χ2n) is 8.95. The Balaban J connectivity index is 1.11. The average molecular weight is 460 g/mol. The lowest BCUT2D eigenvalue weighted by Gasteiger charge is -2.20. The van der Waals surface area contributed by atoms with Gasteiger partial charge in [0.25, 0.3) is 0 Å². The molecule has 1 saturated heterocycles. The van der Waals surface area contributed by atoms with Gasteiger partial charge in [0, 0.05) is 36.7 Å². The normalized spacial score (nSPS) is 19.4. The summed E-state index contributed by atoms with van der Waals surface area (Å²) in [5.41, 5.74) is 2.42. The van der Waals surface area contributed by atoms with Crippen LogP contribution < -0.4 is 19.7 Å². The lowest BCUT2D eigenvalue weighted by Crippen LogP contribution is -2.32. The molecule has 2 amide bonds. The molecule has 1 saturated carbocycles. The largest absolute Gasteiger partial charge is 0.454 e. The maximum Gasteiger partial charge on any atom is 0.231 e. The second kappa shape index (κ2) is 8.48. The topological polar surface area (TPSA) is 107 Å². The molecule has 1 atom stereocenters. The number of aromatic nitrogens is 2. The summed E-state index contributed by atoms with van der Waals surface area (Å²) in [6, 6.07) is 13.1. The molecule has 0 unspecified atom stereocenters. The number of carbonyl (C=O) groups excluding carboxylic acids is 2. The maximum atomic E-state index is 12.8. The van der Waals surface area contributed by atoms with Crippen molar-refractivity contribution in [1.82, 2.24) is 15.5 Å². The molecule has 1 aromatic heterocycles. The highest BCUT2D eigenvalue weighted by Gasteiger charge is 2.35. The summed E-state index contributed by atoms with van der Waals surface area (Å²) in [7, 11) is 0. The highest BCUT2D eigenvalue weighted by atomic mass is 16.7. The summed E-state index contributed by atoms with van der Waals surface area (Å²) in [5.74, 6) is 2.31. The van der Waals surface area contributed by atoms with Crippen LogP contribution in [0.2, 0.25) is 0 Å². The molecule has 34 heavy (non-hydrogen) atoms. The van der Waals surface area contributed by atoms with Crippen molar-refractivity contribution in [2.24, 2.45) is 5.92 Å². The van der Waals surface area contributed by atoms with E-state index >= 15 is 0 Å². The number of benzene rings is 2. The van der Waals surface area contributed by atoms with Crippen LogP contribution in [-0.2, 0) is 16.1 Å². The summed E-state index contributed by atoms with van der Waals surface area (Å²) in [4.78, 5) is 31.7. The van der Waals surface area contributed by atoms with Gasteiger partial charge in [0.15, 0.2) is 11.5 Å². The number of hydrogen-bond acceptors (Lipinski definition) is 7. The molecule has 1 aliphatic carbocycles. The van der Waals surface area contributed by atoms with Gasteiger partial charge in [-0.05, 0) is 42.7 Å². The second-order valence-corrected chi connectivity index (χ2v) is 8.95. The number of anilines is 1. The maximum absolute atomic E-state index is 12.8. The van der Waals surface area contributed by atoms with Gasteiger partial charge in [-0.1, -0.05) is 29.8 Å².